The second-order valence-electron chi connectivity index (χ2n) is 5.91. The van der Waals surface area contributed by atoms with Gasteiger partial charge in [0, 0.05) is 20.1 Å². The molecule has 0 radical (unpaired) electrons. The van der Waals surface area contributed by atoms with Crippen molar-refractivity contribution in [1.29, 1.82) is 0 Å². The molecule has 3 rings (SSSR count). The Morgan fingerprint density at radius 1 is 1.12 bits per heavy atom. The quantitative estimate of drug-likeness (QED) is 0.722. The first kappa shape index (κ1) is 16.4. The zero-order valence-electron chi connectivity index (χ0n) is 14.0. The Morgan fingerprint density at radius 3 is 2.54 bits per heavy atom. The van der Waals surface area contributed by atoms with Gasteiger partial charge >= 0.3 is 0 Å². The lowest BCUT2D eigenvalue weighted by atomic mass is 10.2. The minimum atomic E-state index is -0.682. The second kappa shape index (κ2) is 7.42. The number of nitrogens with zero attached hydrogens (tertiary/aromatic N) is 4. The number of aliphatic hydroxyl groups is 1. The fourth-order valence-electron chi connectivity index (χ4n) is 2.63. The number of aryl methyl sites for hydroxylation is 1. The van der Waals surface area contributed by atoms with Gasteiger partial charge in [-0.15, -0.1) is 10.2 Å². The lowest BCUT2D eigenvalue weighted by Crippen LogP contribution is -2.29. The molecule has 2 aromatic heterocycles. The number of furan rings is 1. The van der Waals surface area contributed by atoms with Crippen molar-refractivity contribution in [2.24, 2.45) is 7.05 Å². The van der Waals surface area contributed by atoms with Crippen LogP contribution in [0, 0.1) is 6.92 Å². The summed E-state index contributed by atoms with van der Waals surface area (Å²) >= 11 is 0. The minimum absolute atomic E-state index is 0.453. The van der Waals surface area contributed by atoms with Gasteiger partial charge in [-0.25, -0.2) is 0 Å². The zero-order chi connectivity index (χ0) is 16.9. The van der Waals surface area contributed by atoms with Crippen LogP contribution in [0.15, 0.2) is 53.1 Å². The van der Waals surface area contributed by atoms with E-state index in [-0.39, 0.29) is 0 Å². The van der Waals surface area contributed by atoms with Crippen LogP contribution in [-0.4, -0.2) is 31.3 Å². The van der Waals surface area contributed by atoms with E-state index >= 15 is 0 Å². The van der Waals surface area contributed by atoms with Crippen molar-refractivity contribution in [3.63, 3.8) is 0 Å². The monoisotopic (exact) mass is 326 g/mol. The molecule has 2 heterocycles. The van der Waals surface area contributed by atoms with E-state index in [9.17, 15) is 5.11 Å². The molecule has 126 valence electrons. The third-order valence-corrected chi connectivity index (χ3v) is 4.10. The van der Waals surface area contributed by atoms with Crippen LogP contribution in [0.4, 0.5) is 0 Å². The highest BCUT2D eigenvalue weighted by molar-refractivity contribution is 5.15. The van der Waals surface area contributed by atoms with Crippen LogP contribution in [0.1, 0.15) is 29.1 Å². The fourth-order valence-corrected chi connectivity index (χ4v) is 2.63. The molecule has 0 fully saturated rings. The van der Waals surface area contributed by atoms with Gasteiger partial charge in [0.1, 0.15) is 23.5 Å². The van der Waals surface area contributed by atoms with E-state index in [0.29, 0.717) is 25.4 Å². The predicted molar refractivity (Wildman–Crippen MR) is 90.0 cm³/mol. The molecule has 0 spiro atoms. The molecular formula is C18H22N4O2. The van der Waals surface area contributed by atoms with E-state index in [1.165, 1.54) is 5.56 Å². The first-order valence-electron chi connectivity index (χ1n) is 7.96. The standard InChI is InChI=1S/C18H22N4O2/c1-14-19-20-18(21(14)2)13-22(11-15-7-4-3-5-8-15)12-16(23)17-9-6-10-24-17/h3-10,16,23H,11-13H2,1-2H3. The fraction of sp³-hybridized carbons (Fsp3) is 0.333. The summed E-state index contributed by atoms with van der Waals surface area (Å²) in [6, 6.07) is 13.8. The number of hydrogen-bond donors (Lipinski definition) is 1. The third-order valence-electron chi connectivity index (χ3n) is 4.10. The highest BCUT2D eigenvalue weighted by Crippen LogP contribution is 2.18. The Bertz CT molecular complexity index is 753. The second-order valence-corrected chi connectivity index (χ2v) is 5.91. The highest BCUT2D eigenvalue weighted by Gasteiger charge is 2.18. The van der Waals surface area contributed by atoms with Crippen molar-refractivity contribution in [2.75, 3.05) is 6.54 Å². The summed E-state index contributed by atoms with van der Waals surface area (Å²) in [5.74, 6) is 2.31. The van der Waals surface area contributed by atoms with Gasteiger partial charge < -0.3 is 14.1 Å². The molecule has 0 aliphatic rings. The minimum Gasteiger partial charge on any atom is -0.467 e. The van der Waals surface area contributed by atoms with Gasteiger partial charge in [-0.3, -0.25) is 4.90 Å². The maximum absolute atomic E-state index is 10.4. The lowest BCUT2D eigenvalue weighted by Gasteiger charge is -2.24. The van der Waals surface area contributed by atoms with Gasteiger partial charge in [0.2, 0.25) is 0 Å². The van der Waals surface area contributed by atoms with Crippen molar-refractivity contribution in [2.45, 2.75) is 26.1 Å². The van der Waals surface area contributed by atoms with Crippen LogP contribution in [0.3, 0.4) is 0 Å². The molecule has 1 unspecified atom stereocenters. The highest BCUT2D eigenvalue weighted by atomic mass is 16.4. The number of aromatic nitrogens is 3. The van der Waals surface area contributed by atoms with Crippen molar-refractivity contribution < 1.29 is 9.52 Å². The number of rotatable bonds is 7. The molecule has 1 N–H and O–H groups in total. The smallest absolute Gasteiger partial charge is 0.146 e. The van der Waals surface area contributed by atoms with Gasteiger partial charge in [0.25, 0.3) is 0 Å². The Kier molecular flexibility index (Phi) is 5.08. The van der Waals surface area contributed by atoms with E-state index in [1.807, 2.05) is 36.7 Å². The van der Waals surface area contributed by atoms with Crippen molar-refractivity contribution >= 4 is 0 Å². The molecule has 24 heavy (non-hydrogen) atoms. The molecule has 1 aromatic carbocycles. The zero-order valence-corrected chi connectivity index (χ0v) is 14.0. The predicted octanol–water partition coefficient (Wildman–Crippen LogP) is 2.45. The molecule has 0 saturated carbocycles. The molecule has 3 aromatic rings. The molecule has 0 saturated heterocycles. The lowest BCUT2D eigenvalue weighted by molar-refractivity contribution is 0.0855. The van der Waals surface area contributed by atoms with E-state index in [0.717, 1.165) is 11.6 Å². The molecule has 6 heteroatoms. The van der Waals surface area contributed by atoms with Gasteiger partial charge in [-0.2, -0.15) is 0 Å². The first-order chi connectivity index (χ1) is 11.6. The van der Waals surface area contributed by atoms with Crippen molar-refractivity contribution in [3.8, 4) is 0 Å². The Morgan fingerprint density at radius 2 is 1.92 bits per heavy atom. The summed E-state index contributed by atoms with van der Waals surface area (Å²) in [5.41, 5.74) is 1.18. The summed E-state index contributed by atoms with van der Waals surface area (Å²) in [6.45, 7) is 3.69. The maximum atomic E-state index is 10.4. The topological polar surface area (TPSA) is 67.3 Å². The number of benzene rings is 1. The summed E-state index contributed by atoms with van der Waals surface area (Å²) in [6.07, 6.45) is 0.893. The van der Waals surface area contributed by atoms with Gasteiger partial charge in [-0.1, -0.05) is 30.3 Å². The molecule has 0 bridgehead atoms. The van der Waals surface area contributed by atoms with Crippen LogP contribution in [-0.2, 0) is 20.1 Å². The molecular weight excluding hydrogens is 304 g/mol. The molecule has 0 aliphatic carbocycles. The van der Waals surface area contributed by atoms with E-state index < -0.39 is 6.10 Å². The Hall–Kier alpha value is -2.44. The largest absolute Gasteiger partial charge is 0.467 e. The first-order valence-corrected chi connectivity index (χ1v) is 7.96. The third kappa shape index (κ3) is 3.90. The Balaban J connectivity index is 1.76. The average Bonchev–Trinajstić information content (AvgIpc) is 3.22. The van der Waals surface area contributed by atoms with Crippen LogP contribution >= 0.6 is 0 Å². The van der Waals surface area contributed by atoms with Crippen molar-refractivity contribution in [3.05, 3.63) is 71.7 Å². The average molecular weight is 326 g/mol. The molecule has 1 atom stereocenters. The van der Waals surface area contributed by atoms with Crippen LogP contribution < -0.4 is 0 Å². The molecule has 6 nitrogen and oxygen atoms in total. The van der Waals surface area contributed by atoms with Crippen LogP contribution in [0.2, 0.25) is 0 Å². The summed E-state index contributed by atoms with van der Waals surface area (Å²) < 4.78 is 7.28. The van der Waals surface area contributed by atoms with E-state index in [1.54, 1.807) is 18.4 Å². The number of hydrogen-bond acceptors (Lipinski definition) is 5. The van der Waals surface area contributed by atoms with Crippen LogP contribution in [0.5, 0.6) is 0 Å². The molecule has 0 aliphatic heterocycles. The SMILES string of the molecule is Cc1nnc(CN(Cc2ccccc2)CC(O)c2ccco2)n1C. The summed E-state index contributed by atoms with van der Waals surface area (Å²) in [4.78, 5) is 2.14. The van der Waals surface area contributed by atoms with Gasteiger partial charge in [0.15, 0.2) is 0 Å². The van der Waals surface area contributed by atoms with Gasteiger partial charge in [0.05, 0.1) is 12.8 Å². The molecule has 0 amide bonds. The summed E-state index contributed by atoms with van der Waals surface area (Å²) in [7, 11) is 1.95. The number of aliphatic hydroxyl groups excluding tert-OH is 1. The van der Waals surface area contributed by atoms with Gasteiger partial charge in [-0.05, 0) is 24.6 Å². The van der Waals surface area contributed by atoms with E-state index in [4.69, 9.17) is 4.42 Å². The van der Waals surface area contributed by atoms with Crippen LogP contribution in [0.25, 0.3) is 0 Å². The summed E-state index contributed by atoms with van der Waals surface area (Å²) in [5, 5.41) is 18.8. The maximum Gasteiger partial charge on any atom is 0.146 e. The normalized spacial score (nSPS) is 12.7. The Labute approximate surface area is 141 Å². The van der Waals surface area contributed by atoms with Crippen molar-refractivity contribution in [1.82, 2.24) is 19.7 Å². The van der Waals surface area contributed by atoms with E-state index in [2.05, 4.69) is 27.2 Å².